The van der Waals surface area contributed by atoms with Crippen LogP contribution in [-0.2, 0) is 9.47 Å². The summed E-state index contributed by atoms with van der Waals surface area (Å²) >= 11 is 0. The lowest BCUT2D eigenvalue weighted by atomic mass is 9.85. The number of ether oxygens (including phenoxy) is 2. The summed E-state index contributed by atoms with van der Waals surface area (Å²) in [5, 5.41) is 4.64. The van der Waals surface area contributed by atoms with Gasteiger partial charge in [0.15, 0.2) is 0 Å². The number of benzene rings is 1. The summed E-state index contributed by atoms with van der Waals surface area (Å²) in [5.41, 5.74) is 2.05. The third-order valence-electron chi connectivity index (χ3n) is 3.84. The van der Waals surface area contributed by atoms with E-state index in [1.807, 2.05) is 31.3 Å². The summed E-state index contributed by atoms with van der Waals surface area (Å²) in [6.07, 6.45) is 3.17. The summed E-state index contributed by atoms with van der Waals surface area (Å²) in [5.74, 6) is 0. The van der Waals surface area contributed by atoms with Gasteiger partial charge in [-0.25, -0.2) is 0 Å². The average Bonchev–Trinajstić information content (AvgIpc) is 2.46. The zero-order valence-electron chi connectivity index (χ0n) is 11.9. The minimum atomic E-state index is 0.112. The van der Waals surface area contributed by atoms with E-state index in [4.69, 9.17) is 9.47 Å². The Hall–Kier alpha value is -1.65. The Morgan fingerprint density at radius 2 is 2.20 bits per heavy atom. The Morgan fingerprint density at radius 3 is 3.00 bits per heavy atom. The van der Waals surface area contributed by atoms with E-state index in [0.717, 1.165) is 29.6 Å². The van der Waals surface area contributed by atoms with Crippen LogP contribution in [-0.4, -0.2) is 37.0 Å². The van der Waals surface area contributed by atoms with E-state index in [-0.39, 0.29) is 12.2 Å². The maximum absolute atomic E-state index is 5.64. The molecule has 1 fully saturated rings. The van der Waals surface area contributed by atoms with Gasteiger partial charge in [-0.3, -0.25) is 4.98 Å². The molecule has 1 aliphatic rings. The molecule has 106 valence electrons. The third-order valence-corrected chi connectivity index (χ3v) is 3.84. The monoisotopic (exact) mass is 272 g/mol. The van der Waals surface area contributed by atoms with Crippen LogP contribution in [0.1, 0.15) is 13.3 Å². The van der Waals surface area contributed by atoms with E-state index in [0.29, 0.717) is 6.04 Å². The molecule has 4 nitrogen and oxygen atoms in total. The van der Waals surface area contributed by atoms with Crippen LogP contribution in [0.5, 0.6) is 0 Å². The van der Waals surface area contributed by atoms with Gasteiger partial charge in [-0.15, -0.1) is 0 Å². The van der Waals surface area contributed by atoms with Gasteiger partial charge < -0.3 is 14.8 Å². The van der Waals surface area contributed by atoms with E-state index in [9.17, 15) is 0 Å². The average molecular weight is 272 g/mol. The van der Waals surface area contributed by atoms with Crippen molar-refractivity contribution in [3.63, 3.8) is 0 Å². The molecule has 1 aliphatic carbocycles. The lowest BCUT2D eigenvalue weighted by Gasteiger charge is -2.43. The smallest absolute Gasteiger partial charge is 0.103 e. The first kappa shape index (κ1) is 13.3. The predicted molar refractivity (Wildman–Crippen MR) is 80.0 cm³/mol. The summed E-state index contributed by atoms with van der Waals surface area (Å²) in [6, 6.07) is 10.5. The van der Waals surface area contributed by atoms with Crippen LogP contribution in [0.15, 0.2) is 36.5 Å². The topological polar surface area (TPSA) is 43.4 Å². The number of fused-ring (bicyclic) bond motifs is 1. The zero-order valence-corrected chi connectivity index (χ0v) is 11.9. The first-order valence-electron chi connectivity index (χ1n) is 7.07. The second-order valence-corrected chi connectivity index (χ2v) is 5.10. The van der Waals surface area contributed by atoms with E-state index >= 15 is 0 Å². The summed E-state index contributed by atoms with van der Waals surface area (Å²) in [4.78, 5) is 4.46. The van der Waals surface area contributed by atoms with Crippen molar-refractivity contribution < 1.29 is 9.47 Å². The minimum absolute atomic E-state index is 0.112. The fraction of sp³-hybridized carbons (Fsp3) is 0.438. The highest BCUT2D eigenvalue weighted by Gasteiger charge is 2.42. The Bertz CT molecular complexity index is 587. The lowest BCUT2D eigenvalue weighted by molar-refractivity contribution is -0.118. The van der Waals surface area contributed by atoms with Gasteiger partial charge in [0.2, 0.25) is 0 Å². The van der Waals surface area contributed by atoms with Gasteiger partial charge in [0.05, 0.1) is 29.5 Å². The van der Waals surface area contributed by atoms with E-state index in [2.05, 4.69) is 22.4 Å². The summed E-state index contributed by atoms with van der Waals surface area (Å²) in [6.45, 7) is 2.75. The number of pyridine rings is 1. The highest BCUT2D eigenvalue weighted by molar-refractivity contribution is 5.81. The fourth-order valence-electron chi connectivity index (χ4n) is 2.78. The lowest BCUT2D eigenvalue weighted by Crippen LogP contribution is -2.56. The quantitative estimate of drug-likeness (QED) is 0.909. The fourth-order valence-corrected chi connectivity index (χ4v) is 2.78. The highest BCUT2D eigenvalue weighted by Crippen LogP contribution is 2.30. The molecular weight excluding hydrogens is 252 g/mol. The van der Waals surface area contributed by atoms with E-state index < -0.39 is 0 Å². The number of para-hydroxylation sites is 1. The molecule has 1 N–H and O–H groups in total. The van der Waals surface area contributed by atoms with E-state index in [1.54, 1.807) is 7.11 Å². The standard InChI is InChI=1S/C16H20N2O2/c1-3-20-15-9-14(16(15)19-2)18-12-8-11-6-4-5-7-13(11)17-10-12/h4-8,10,14-16,18H,3,9H2,1-2H3. The largest absolute Gasteiger partial charge is 0.378 e. The first-order chi connectivity index (χ1) is 9.81. The first-order valence-corrected chi connectivity index (χ1v) is 7.07. The molecule has 3 unspecified atom stereocenters. The number of aromatic nitrogens is 1. The molecule has 0 amide bonds. The maximum atomic E-state index is 5.64. The van der Waals surface area contributed by atoms with Crippen molar-refractivity contribution in [3.05, 3.63) is 36.5 Å². The molecule has 20 heavy (non-hydrogen) atoms. The molecule has 3 atom stereocenters. The molecule has 2 aromatic rings. The number of rotatable bonds is 5. The number of methoxy groups -OCH3 is 1. The molecule has 1 heterocycles. The van der Waals surface area contributed by atoms with Crippen molar-refractivity contribution in [3.8, 4) is 0 Å². The van der Waals surface area contributed by atoms with Gasteiger partial charge in [0, 0.05) is 19.1 Å². The predicted octanol–water partition coefficient (Wildman–Crippen LogP) is 2.84. The maximum Gasteiger partial charge on any atom is 0.103 e. The second kappa shape index (κ2) is 5.77. The number of nitrogens with zero attached hydrogens (tertiary/aromatic N) is 1. The second-order valence-electron chi connectivity index (χ2n) is 5.10. The summed E-state index contributed by atoms with van der Waals surface area (Å²) in [7, 11) is 1.74. The Morgan fingerprint density at radius 1 is 1.35 bits per heavy atom. The molecule has 4 heteroatoms. The molecule has 3 rings (SSSR count). The van der Waals surface area contributed by atoms with Gasteiger partial charge in [-0.05, 0) is 25.5 Å². The van der Waals surface area contributed by atoms with Crippen LogP contribution >= 0.6 is 0 Å². The Kier molecular flexibility index (Phi) is 3.85. The van der Waals surface area contributed by atoms with Crippen molar-refractivity contribution >= 4 is 16.6 Å². The highest BCUT2D eigenvalue weighted by atomic mass is 16.5. The van der Waals surface area contributed by atoms with Crippen LogP contribution < -0.4 is 5.32 Å². The zero-order chi connectivity index (χ0) is 13.9. The van der Waals surface area contributed by atoms with Crippen molar-refractivity contribution in [2.45, 2.75) is 31.6 Å². The Balaban J connectivity index is 1.70. The molecule has 1 aromatic carbocycles. The van der Waals surface area contributed by atoms with Crippen LogP contribution in [0.4, 0.5) is 5.69 Å². The molecule has 0 spiro atoms. The Labute approximate surface area is 119 Å². The number of hydrogen-bond acceptors (Lipinski definition) is 4. The van der Waals surface area contributed by atoms with Crippen molar-refractivity contribution in [1.82, 2.24) is 4.98 Å². The molecule has 0 radical (unpaired) electrons. The van der Waals surface area contributed by atoms with Crippen LogP contribution in [0.3, 0.4) is 0 Å². The molecule has 0 bridgehead atoms. The van der Waals surface area contributed by atoms with Crippen LogP contribution in [0.25, 0.3) is 10.9 Å². The van der Waals surface area contributed by atoms with Gasteiger partial charge in [0.25, 0.3) is 0 Å². The van der Waals surface area contributed by atoms with Crippen LogP contribution in [0.2, 0.25) is 0 Å². The number of nitrogens with one attached hydrogen (secondary N) is 1. The van der Waals surface area contributed by atoms with Crippen molar-refractivity contribution in [1.29, 1.82) is 0 Å². The third kappa shape index (κ3) is 2.49. The molecule has 0 aliphatic heterocycles. The van der Waals surface area contributed by atoms with Gasteiger partial charge in [-0.1, -0.05) is 18.2 Å². The van der Waals surface area contributed by atoms with Gasteiger partial charge in [-0.2, -0.15) is 0 Å². The number of anilines is 1. The van der Waals surface area contributed by atoms with E-state index in [1.165, 1.54) is 0 Å². The van der Waals surface area contributed by atoms with Crippen molar-refractivity contribution in [2.24, 2.45) is 0 Å². The normalized spacial score (nSPS) is 25.4. The minimum Gasteiger partial charge on any atom is -0.378 e. The van der Waals surface area contributed by atoms with Crippen molar-refractivity contribution in [2.75, 3.05) is 19.0 Å². The number of hydrogen-bond donors (Lipinski definition) is 1. The van der Waals surface area contributed by atoms with Gasteiger partial charge >= 0.3 is 0 Å². The van der Waals surface area contributed by atoms with Crippen LogP contribution in [0, 0.1) is 0 Å². The SMILES string of the molecule is CCOC1CC(Nc2cnc3ccccc3c2)C1OC. The van der Waals surface area contributed by atoms with Gasteiger partial charge in [0.1, 0.15) is 6.10 Å². The summed E-state index contributed by atoms with van der Waals surface area (Å²) < 4.78 is 11.2. The molecular formula is C16H20N2O2. The molecule has 1 aromatic heterocycles. The molecule has 0 saturated heterocycles. The molecule has 1 saturated carbocycles.